The molecule has 1 saturated heterocycles. The van der Waals surface area contributed by atoms with Gasteiger partial charge in [-0.25, -0.2) is 14.6 Å². The largest absolute Gasteiger partial charge is 0.479 e. The topological polar surface area (TPSA) is 203 Å². The van der Waals surface area contributed by atoms with Crippen LogP contribution in [0.25, 0.3) is 11.2 Å². The Balaban J connectivity index is 1.57. The second kappa shape index (κ2) is 9.12. The Morgan fingerprint density at radius 1 is 1.15 bits per heavy atom. The average molecular weight is 494 g/mol. The Bertz CT molecular complexity index is 1210. The number of fused-ring (bicyclic) bond motifs is 1. The minimum absolute atomic E-state index is 0.00437. The Morgan fingerprint density at radius 2 is 1.82 bits per heavy atom. The van der Waals surface area contributed by atoms with E-state index in [-0.39, 0.29) is 22.3 Å². The molecule has 180 valence electrons. The molecule has 6 N–H and O–H groups in total. The van der Waals surface area contributed by atoms with Gasteiger partial charge in [0.25, 0.3) is 5.60 Å². The summed E-state index contributed by atoms with van der Waals surface area (Å²) in [6.45, 7) is -0.648. The highest BCUT2D eigenvalue weighted by Crippen LogP contribution is 2.33. The fraction of sp³-hybridized carbons (Fsp3) is 0.350. The van der Waals surface area contributed by atoms with Crippen molar-refractivity contribution in [3.8, 4) is 0 Å². The van der Waals surface area contributed by atoms with Crippen molar-refractivity contribution in [2.45, 2.75) is 36.6 Å². The SMILES string of the molecule is Nc1nc(Cl)nc2c1ncn2C1OC(COC(Cc2ccccc2)(C(=O)O)C(=O)O)C(O)C1O. The third kappa shape index (κ3) is 4.15. The summed E-state index contributed by atoms with van der Waals surface area (Å²) in [5.41, 5.74) is 3.86. The van der Waals surface area contributed by atoms with Crippen molar-refractivity contribution in [1.82, 2.24) is 19.5 Å². The molecule has 0 aliphatic carbocycles. The summed E-state index contributed by atoms with van der Waals surface area (Å²) in [7, 11) is 0. The van der Waals surface area contributed by atoms with Gasteiger partial charge in [-0.3, -0.25) is 4.57 Å². The molecule has 0 radical (unpaired) electrons. The number of anilines is 1. The molecule has 1 fully saturated rings. The number of hydrogen-bond donors (Lipinski definition) is 5. The number of carboxylic acids is 2. The van der Waals surface area contributed by atoms with E-state index in [1.54, 1.807) is 30.3 Å². The van der Waals surface area contributed by atoms with Crippen molar-refractivity contribution in [1.29, 1.82) is 0 Å². The lowest BCUT2D eigenvalue weighted by molar-refractivity contribution is -0.190. The molecular formula is C20H20ClN5O8. The molecule has 0 saturated carbocycles. The Kier molecular flexibility index (Phi) is 6.38. The van der Waals surface area contributed by atoms with Gasteiger partial charge < -0.3 is 35.6 Å². The van der Waals surface area contributed by atoms with Crippen LogP contribution in [-0.4, -0.2) is 82.4 Å². The number of nitrogens with zero attached hydrogens (tertiary/aromatic N) is 4. The van der Waals surface area contributed by atoms with Gasteiger partial charge in [0.05, 0.1) is 12.9 Å². The Morgan fingerprint density at radius 3 is 2.47 bits per heavy atom. The van der Waals surface area contributed by atoms with Gasteiger partial charge >= 0.3 is 11.9 Å². The molecule has 4 rings (SSSR count). The number of hydrogen-bond acceptors (Lipinski definition) is 10. The minimum Gasteiger partial charge on any atom is -0.479 e. The zero-order chi connectivity index (χ0) is 24.6. The van der Waals surface area contributed by atoms with Gasteiger partial charge in [-0.15, -0.1) is 0 Å². The first-order valence-electron chi connectivity index (χ1n) is 9.96. The Hall–Kier alpha value is -3.36. The van der Waals surface area contributed by atoms with E-state index in [9.17, 15) is 30.0 Å². The van der Waals surface area contributed by atoms with Crippen LogP contribution in [0, 0.1) is 0 Å². The number of aliphatic hydroxyl groups excluding tert-OH is 2. The van der Waals surface area contributed by atoms with Crippen molar-refractivity contribution < 1.29 is 39.5 Å². The van der Waals surface area contributed by atoms with E-state index in [2.05, 4.69) is 15.0 Å². The van der Waals surface area contributed by atoms with Gasteiger partial charge in [-0.2, -0.15) is 9.97 Å². The average Bonchev–Trinajstić information content (AvgIpc) is 3.33. The van der Waals surface area contributed by atoms with Crippen molar-refractivity contribution in [3.05, 3.63) is 47.5 Å². The fourth-order valence-electron chi connectivity index (χ4n) is 3.72. The van der Waals surface area contributed by atoms with Crippen LogP contribution in [0.1, 0.15) is 11.8 Å². The maximum atomic E-state index is 12.0. The Labute approximate surface area is 196 Å². The molecule has 1 aliphatic heterocycles. The van der Waals surface area contributed by atoms with Gasteiger partial charge in [0.1, 0.15) is 23.8 Å². The molecule has 1 aromatic carbocycles. The lowest BCUT2D eigenvalue weighted by Crippen LogP contribution is -2.52. The van der Waals surface area contributed by atoms with Crippen LogP contribution < -0.4 is 5.73 Å². The highest BCUT2D eigenvalue weighted by molar-refractivity contribution is 6.28. The van der Waals surface area contributed by atoms with Crippen LogP contribution in [0.3, 0.4) is 0 Å². The molecular weight excluding hydrogens is 474 g/mol. The monoisotopic (exact) mass is 493 g/mol. The number of aliphatic hydroxyl groups is 2. The number of aromatic nitrogens is 4. The van der Waals surface area contributed by atoms with E-state index >= 15 is 0 Å². The van der Waals surface area contributed by atoms with Crippen LogP contribution in [-0.2, 0) is 25.5 Å². The number of nitrogen functional groups attached to an aromatic ring is 1. The molecule has 1 aliphatic rings. The lowest BCUT2D eigenvalue weighted by atomic mass is 9.94. The molecule has 14 heteroatoms. The minimum atomic E-state index is -2.65. The first-order valence-corrected chi connectivity index (χ1v) is 10.3. The van der Waals surface area contributed by atoms with E-state index in [1.807, 2.05) is 0 Å². The molecule has 0 bridgehead atoms. The number of aliphatic carboxylic acids is 2. The molecule has 0 amide bonds. The number of nitrogens with two attached hydrogens (primary N) is 1. The zero-order valence-corrected chi connectivity index (χ0v) is 18.1. The molecule has 4 atom stereocenters. The third-order valence-electron chi connectivity index (χ3n) is 5.51. The number of halogens is 1. The van der Waals surface area contributed by atoms with Gasteiger partial charge in [0.15, 0.2) is 17.7 Å². The van der Waals surface area contributed by atoms with Crippen molar-refractivity contribution in [3.63, 3.8) is 0 Å². The lowest BCUT2D eigenvalue weighted by Gasteiger charge is -2.27. The summed E-state index contributed by atoms with van der Waals surface area (Å²) in [5, 5.41) is 40.3. The number of ether oxygens (including phenoxy) is 2. The highest BCUT2D eigenvalue weighted by atomic mass is 35.5. The molecule has 3 heterocycles. The normalized spacial score (nSPS) is 22.8. The van der Waals surface area contributed by atoms with Gasteiger partial charge in [-0.1, -0.05) is 30.3 Å². The molecule has 13 nitrogen and oxygen atoms in total. The second-order valence-electron chi connectivity index (χ2n) is 7.66. The van der Waals surface area contributed by atoms with Gasteiger partial charge in [-0.05, 0) is 17.2 Å². The standard InChI is InChI=1S/C20H20ClN5O8/c21-19-24-14(22)11-15(25-19)26(8-23-11)16-13(28)12(27)10(34-16)7-33-20(17(29)30,18(31)32)6-9-4-2-1-3-5-9/h1-5,8,10,12-13,16,27-28H,6-7H2,(H,29,30)(H,31,32)(H2,22,24,25). The van der Waals surface area contributed by atoms with E-state index < -0.39 is 55.1 Å². The third-order valence-corrected chi connectivity index (χ3v) is 5.68. The summed E-state index contributed by atoms with van der Waals surface area (Å²) in [6, 6.07) is 8.09. The number of imidazole rings is 1. The van der Waals surface area contributed by atoms with Crippen LogP contribution >= 0.6 is 11.6 Å². The molecule has 34 heavy (non-hydrogen) atoms. The van der Waals surface area contributed by atoms with E-state index in [4.69, 9.17) is 26.8 Å². The maximum absolute atomic E-state index is 12.0. The van der Waals surface area contributed by atoms with Crippen LogP contribution in [0.5, 0.6) is 0 Å². The zero-order valence-electron chi connectivity index (χ0n) is 17.4. The van der Waals surface area contributed by atoms with Gasteiger partial charge in [0.2, 0.25) is 5.28 Å². The van der Waals surface area contributed by atoms with Crippen molar-refractivity contribution in [2.24, 2.45) is 0 Å². The molecule has 4 unspecified atom stereocenters. The summed E-state index contributed by atoms with van der Waals surface area (Å²) < 4.78 is 12.3. The van der Waals surface area contributed by atoms with Crippen LogP contribution in [0.2, 0.25) is 5.28 Å². The van der Waals surface area contributed by atoms with E-state index in [0.717, 1.165) is 0 Å². The number of carbonyl (C=O) groups is 2. The smallest absolute Gasteiger partial charge is 0.348 e. The summed E-state index contributed by atoms with van der Waals surface area (Å²) >= 11 is 5.85. The number of benzene rings is 1. The predicted molar refractivity (Wildman–Crippen MR) is 115 cm³/mol. The first kappa shape index (κ1) is 23.8. The summed E-state index contributed by atoms with van der Waals surface area (Å²) in [4.78, 5) is 35.8. The predicted octanol–water partition coefficient (Wildman–Crippen LogP) is -0.152. The second-order valence-corrected chi connectivity index (χ2v) is 8.00. The van der Waals surface area contributed by atoms with Crippen molar-refractivity contribution >= 4 is 40.5 Å². The highest BCUT2D eigenvalue weighted by Gasteiger charge is 2.51. The molecule has 0 spiro atoms. The van der Waals surface area contributed by atoms with E-state index in [1.165, 1.54) is 10.9 Å². The van der Waals surface area contributed by atoms with Crippen LogP contribution in [0.4, 0.5) is 5.82 Å². The van der Waals surface area contributed by atoms with Gasteiger partial charge in [0, 0.05) is 6.42 Å². The summed E-state index contributed by atoms with van der Waals surface area (Å²) in [5.74, 6) is -3.46. The molecule has 2 aromatic heterocycles. The van der Waals surface area contributed by atoms with E-state index in [0.29, 0.717) is 5.56 Å². The first-order chi connectivity index (χ1) is 16.1. The summed E-state index contributed by atoms with van der Waals surface area (Å²) in [6.07, 6.45) is -4.79. The fourth-order valence-corrected chi connectivity index (χ4v) is 3.89. The van der Waals surface area contributed by atoms with Crippen LogP contribution in [0.15, 0.2) is 36.7 Å². The van der Waals surface area contributed by atoms with Crippen molar-refractivity contribution in [2.75, 3.05) is 12.3 Å². The number of carboxylic acid groups (broad SMARTS) is 2. The number of rotatable bonds is 8. The maximum Gasteiger partial charge on any atom is 0.348 e. The quantitative estimate of drug-likeness (QED) is 0.205. The molecule has 3 aromatic rings.